The summed E-state index contributed by atoms with van der Waals surface area (Å²) in [5.74, 6) is 0.286. The SMILES string of the molecule is CO/C=C(/C(=O)O)c1ccccc1COc1cccc(OC)c1. The van der Waals surface area contributed by atoms with Gasteiger partial charge in [-0.05, 0) is 23.3 Å². The summed E-state index contributed by atoms with van der Waals surface area (Å²) >= 11 is 0. The molecule has 120 valence electrons. The van der Waals surface area contributed by atoms with Crippen molar-refractivity contribution in [1.29, 1.82) is 0 Å². The predicted octanol–water partition coefficient (Wildman–Crippen LogP) is 3.35. The molecule has 2 aromatic rings. The molecule has 5 heteroatoms. The maximum absolute atomic E-state index is 11.4. The van der Waals surface area contributed by atoms with Gasteiger partial charge in [0.2, 0.25) is 0 Å². The second-order valence-corrected chi connectivity index (χ2v) is 4.70. The summed E-state index contributed by atoms with van der Waals surface area (Å²) in [7, 11) is 3.00. The van der Waals surface area contributed by atoms with Crippen LogP contribution in [0.3, 0.4) is 0 Å². The van der Waals surface area contributed by atoms with Crippen LogP contribution in [0.2, 0.25) is 0 Å². The quantitative estimate of drug-likeness (QED) is 0.627. The lowest BCUT2D eigenvalue weighted by Crippen LogP contribution is -2.06. The Kier molecular flexibility index (Phi) is 5.63. The lowest BCUT2D eigenvalue weighted by atomic mass is 10.0. The lowest BCUT2D eigenvalue weighted by molar-refractivity contribution is -0.130. The average Bonchev–Trinajstić information content (AvgIpc) is 2.58. The van der Waals surface area contributed by atoms with Crippen molar-refractivity contribution in [2.24, 2.45) is 0 Å². The topological polar surface area (TPSA) is 65.0 Å². The molecule has 0 amide bonds. The molecule has 0 heterocycles. The minimum Gasteiger partial charge on any atom is -0.503 e. The van der Waals surface area contributed by atoms with Crippen molar-refractivity contribution in [3.05, 3.63) is 65.9 Å². The third-order valence-corrected chi connectivity index (χ3v) is 3.21. The van der Waals surface area contributed by atoms with Gasteiger partial charge in [0.1, 0.15) is 23.7 Å². The Bertz CT molecular complexity index is 706. The summed E-state index contributed by atoms with van der Waals surface area (Å²) in [6, 6.07) is 14.4. The Morgan fingerprint density at radius 1 is 1.09 bits per heavy atom. The molecule has 23 heavy (non-hydrogen) atoms. The number of benzene rings is 2. The van der Waals surface area contributed by atoms with Gasteiger partial charge in [0.25, 0.3) is 0 Å². The van der Waals surface area contributed by atoms with Crippen molar-refractivity contribution in [3.8, 4) is 11.5 Å². The Morgan fingerprint density at radius 2 is 1.83 bits per heavy atom. The number of carboxylic acids is 1. The number of methoxy groups -OCH3 is 2. The molecule has 2 aromatic carbocycles. The molecule has 0 radical (unpaired) electrons. The molecule has 0 aliphatic rings. The van der Waals surface area contributed by atoms with E-state index in [-0.39, 0.29) is 12.2 Å². The van der Waals surface area contributed by atoms with E-state index in [4.69, 9.17) is 14.2 Å². The fourth-order valence-electron chi connectivity index (χ4n) is 2.11. The number of hydrogen-bond donors (Lipinski definition) is 1. The van der Waals surface area contributed by atoms with Crippen LogP contribution in [-0.4, -0.2) is 25.3 Å². The first-order chi connectivity index (χ1) is 11.2. The molecular weight excluding hydrogens is 296 g/mol. The van der Waals surface area contributed by atoms with Crippen molar-refractivity contribution >= 4 is 11.5 Å². The van der Waals surface area contributed by atoms with Crippen LogP contribution in [0.25, 0.3) is 5.57 Å². The summed E-state index contributed by atoms with van der Waals surface area (Å²) in [6.07, 6.45) is 1.21. The average molecular weight is 314 g/mol. The molecule has 0 saturated heterocycles. The van der Waals surface area contributed by atoms with Crippen molar-refractivity contribution < 1.29 is 24.1 Å². The van der Waals surface area contributed by atoms with E-state index in [1.807, 2.05) is 30.3 Å². The highest BCUT2D eigenvalue weighted by Gasteiger charge is 2.15. The summed E-state index contributed by atoms with van der Waals surface area (Å²) < 4.78 is 15.8. The highest BCUT2D eigenvalue weighted by molar-refractivity contribution is 6.15. The maximum Gasteiger partial charge on any atom is 0.339 e. The van der Waals surface area contributed by atoms with Crippen molar-refractivity contribution in [3.63, 3.8) is 0 Å². The number of carboxylic acid groups (broad SMARTS) is 1. The molecule has 0 aromatic heterocycles. The van der Waals surface area contributed by atoms with E-state index in [1.165, 1.54) is 13.4 Å². The molecule has 0 spiro atoms. The van der Waals surface area contributed by atoms with Gasteiger partial charge >= 0.3 is 5.97 Å². The van der Waals surface area contributed by atoms with Gasteiger partial charge in [-0.2, -0.15) is 0 Å². The normalized spacial score (nSPS) is 11.0. The second-order valence-electron chi connectivity index (χ2n) is 4.70. The van der Waals surface area contributed by atoms with E-state index in [2.05, 4.69) is 0 Å². The van der Waals surface area contributed by atoms with Crippen LogP contribution in [0.4, 0.5) is 0 Å². The van der Waals surface area contributed by atoms with Gasteiger partial charge in [-0.15, -0.1) is 0 Å². The monoisotopic (exact) mass is 314 g/mol. The smallest absolute Gasteiger partial charge is 0.339 e. The first-order valence-corrected chi connectivity index (χ1v) is 6.97. The highest BCUT2D eigenvalue weighted by Crippen LogP contribution is 2.23. The predicted molar refractivity (Wildman–Crippen MR) is 86.4 cm³/mol. The number of hydrogen-bond acceptors (Lipinski definition) is 4. The zero-order chi connectivity index (χ0) is 16.7. The van der Waals surface area contributed by atoms with Crippen LogP contribution in [0, 0.1) is 0 Å². The van der Waals surface area contributed by atoms with Gasteiger partial charge in [0, 0.05) is 6.07 Å². The standard InChI is InChI=1S/C18H18O5/c1-21-12-17(18(19)20)16-9-4-3-6-13(16)11-23-15-8-5-7-14(10-15)22-2/h3-10,12H,11H2,1-2H3,(H,19,20)/b17-12+. The molecule has 0 aliphatic heterocycles. The van der Waals surface area contributed by atoms with Crippen LogP contribution >= 0.6 is 0 Å². The summed E-state index contributed by atoms with van der Waals surface area (Å²) in [5, 5.41) is 9.33. The molecule has 1 N–H and O–H groups in total. The molecule has 0 fully saturated rings. The molecule has 2 rings (SSSR count). The minimum atomic E-state index is -1.05. The molecule has 0 unspecified atom stereocenters. The van der Waals surface area contributed by atoms with Gasteiger partial charge in [0.05, 0.1) is 20.5 Å². The molecule has 0 atom stereocenters. The minimum absolute atomic E-state index is 0.0809. The Balaban J connectivity index is 2.23. The number of ether oxygens (including phenoxy) is 3. The largest absolute Gasteiger partial charge is 0.503 e. The van der Waals surface area contributed by atoms with Gasteiger partial charge < -0.3 is 19.3 Å². The maximum atomic E-state index is 11.4. The molecular formula is C18H18O5. The Labute approximate surface area is 134 Å². The second kappa shape index (κ2) is 7.89. The summed E-state index contributed by atoms with van der Waals surface area (Å²) in [4.78, 5) is 11.4. The number of rotatable bonds is 7. The fourth-order valence-corrected chi connectivity index (χ4v) is 2.11. The fraction of sp³-hybridized carbons (Fsp3) is 0.167. The van der Waals surface area contributed by atoms with Gasteiger partial charge in [0.15, 0.2) is 0 Å². The molecule has 0 aliphatic carbocycles. The van der Waals surface area contributed by atoms with E-state index in [1.54, 1.807) is 25.3 Å². The Morgan fingerprint density at radius 3 is 2.52 bits per heavy atom. The molecule has 5 nitrogen and oxygen atoms in total. The van der Waals surface area contributed by atoms with E-state index >= 15 is 0 Å². The van der Waals surface area contributed by atoms with Crippen LogP contribution in [0.1, 0.15) is 11.1 Å². The van der Waals surface area contributed by atoms with E-state index < -0.39 is 5.97 Å². The van der Waals surface area contributed by atoms with Crippen LogP contribution in [-0.2, 0) is 16.1 Å². The zero-order valence-corrected chi connectivity index (χ0v) is 13.0. The summed E-state index contributed by atoms with van der Waals surface area (Å²) in [6.45, 7) is 0.234. The Hall–Kier alpha value is -2.95. The third kappa shape index (κ3) is 4.26. The first-order valence-electron chi connectivity index (χ1n) is 6.97. The number of carbonyl (C=O) groups is 1. The van der Waals surface area contributed by atoms with Crippen LogP contribution in [0.15, 0.2) is 54.8 Å². The van der Waals surface area contributed by atoms with E-state index in [9.17, 15) is 9.90 Å². The lowest BCUT2D eigenvalue weighted by Gasteiger charge is -2.12. The van der Waals surface area contributed by atoms with Crippen molar-refractivity contribution in [1.82, 2.24) is 0 Å². The van der Waals surface area contributed by atoms with E-state index in [0.717, 1.165) is 5.56 Å². The zero-order valence-electron chi connectivity index (χ0n) is 13.0. The van der Waals surface area contributed by atoms with Crippen LogP contribution < -0.4 is 9.47 Å². The van der Waals surface area contributed by atoms with Gasteiger partial charge in [-0.1, -0.05) is 30.3 Å². The van der Waals surface area contributed by atoms with Crippen molar-refractivity contribution in [2.45, 2.75) is 6.61 Å². The highest BCUT2D eigenvalue weighted by atomic mass is 16.5. The van der Waals surface area contributed by atoms with Crippen LogP contribution in [0.5, 0.6) is 11.5 Å². The number of aliphatic carboxylic acids is 1. The molecule has 0 saturated carbocycles. The summed E-state index contributed by atoms with van der Waals surface area (Å²) in [5.41, 5.74) is 1.39. The van der Waals surface area contributed by atoms with Gasteiger partial charge in [-0.3, -0.25) is 0 Å². The van der Waals surface area contributed by atoms with E-state index in [0.29, 0.717) is 17.1 Å². The first kappa shape index (κ1) is 16.4. The van der Waals surface area contributed by atoms with Crippen molar-refractivity contribution in [2.75, 3.05) is 14.2 Å². The molecule has 0 bridgehead atoms. The van der Waals surface area contributed by atoms with Gasteiger partial charge in [-0.25, -0.2) is 4.79 Å². The third-order valence-electron chi connectivity index (χ3n) is 3.21.